The van der Waals surface area contributed by atoms with Gasteiger partial charge >= 0.3 is 0 Å². The molecular weight excluding hydrogens is 552 g/mol. The van der Waals surface area contributed by atoms with Gasteiger partial charge in [0.2, 0.25) is 0 Å². The molecule has 43 heavy (non-hydrogen) atoms. The van der Waals surface area contributed by atoms with Crippen molar-refractivity contribution in [1.82, 2.24) is 25.1 Å². The van der Waals surface area contributed by atoms with Crippen LogP contribution in [0.2, 0.25) is 0 Å². The predicted octanol–water partition coefficient (Wildman–Crippen LogP) is 5.25. The van der Waals surface area contributed by atoms with Crippen LogP contribution in [0, 0.1) is 18.6 Å². The number of hydrogen-bond acceptors (Lipinski definition) is 6. The Morgan fingerprint density at radius 3 is 2.58 bits per heavy atom. The molecule has 2 N–H and O–H groups in total. The zero-order valence-electron chi connectivity index (χ0n) is 24.3. The van der Waals surface area contributed by atoms with E-state index in [4.69, 9.17) is 4.74 Å². The molecular formula is C33H35F2N5O3. The van der Waals surface area contributed by atoms with Crippen molar-refractivity contribution in [2.75, 3.05) is 46.3 Å². The first-order valence-corrected chi connectivity index (χ1v) is 14.3. The molecule has 2 aromatic carbocycles. The third kappa shape index (κ3) is 7.91. The number of carbonyl (C=O) groups excluding carboxylic acids is 2. The summed E-state index contributed by atoms with van der Waals surface area (Å²) in [5.41, 5.74) is 2.89. The van der Waals surface area contributed by atoms with Crippen LogP contribution in [0.15, 0.2) is 67.0 Å². The lowest BCUT2D eigenvalue weighted by atomic mass is 10.0. The second kappa shape index (κ2) is 13.7. The molecule has 0 unspecified atom stereocenters. The first-order valence-electron chi connectivity index (χ1n) is 14.3. The maximum absolute atomic E-state index is 14.7. The Labute approximate surface area is 249 Å². The van der Waals surface area contributed by atoms with Crippen molar-refractivity contribution >= 4 is 11.7 Å². The van der Waals surface area contributed by atoms with E-state index in [2.05, 4.69) is 32.1 Å². The van der Waals surface area contributed by atoms with Crippen molar-refractivity contribution in [3.05, 3.63) is 101 Å². The van der Waals surface area contributed by atoms with Gasteiger partial charge in [-0.15, -0.1) is 0 Å². The van der Waals surface area contributed by atoms with Gasteiger partial charge < -0.3 is 24.8 Å². The number of H-pyrrole nitrogens is 1. The number of amides is 1. The average Bonchev–Trinajstić information content (AvgIpc) is 3.50. The van der Waals surface area contributed by atoms with Gasteiger partial charge in [-0.1, -0.05) is 17.7 Å². The molecule has 0 aliphatic carbocycles. The minimum atomic E-state index is -0.650. The fraction of sp³-hybridized carbons (Fsp3) is 0.303. The zero-order valence-corrected chi connectivity index (χ0v) is 24.3. The summed E-state index contributed by atoms with van der Waals surface area (Å²) in [5, 5.41) is 2.97. The van der Waals surface area contributed by atoms with Gasteiger partial charge in [-0.3, -0.25) is 14.6 Å². The molecule has 1 fully saturated rings. The van der Waals surface area contributed by atoms with Crippen LogP contribution in [-0.4, -0.2) is 77.8 Å². The second-order valence-corrected chi connectivity index (χ2v) is 10.9. The molecule has 8 nitrogen and oxygen atoms in total. The molecule has 0 atom stereocenters. The van der Waals surface area contributed by atoms with Crippen molar-refractivity contribution in [2.24, 2.45) is 0 Å². The summed E-state index contributed by atoms with van der Waals surface area (Å²) in [6.45, 7) is 7.58. The lowest BCUT2D eigenvalue weighted by Crippen LogP contribution is -2.45. The number of nitrogens with zero attached hydrogens (tertiary/aromatic N) is 3. The van der Waals surface area contributed by atoms with E-state index in [1.807, 2.05) is 6.92 Å². The Kier molecular flexibility index (Phi) is 9.58. The maximum Gasteiger partial charge on any atom is 0.252 e. The predicted molar refractivity (Wildman–Crippen MR) is 161 cm³/mol. The highest BCUT2D eigenvalue weighted by Gasteiger charge is 2.16. The summed E-state index contributed by atoms with van der Waals surface area (Å²) in [6.07, 6.45) is 3.85. The van der Waals surface area contributed by atoms with Gasteiger partial charge in [-0.25, -0.2) is 8.78 Å². The number of rotatable bonds is 11. The van der Waals surface area contributed by atoms with E-state index < -0.39 is 11.6 Å². The number of Topliss-reactive ketones (excluding diaryl/α,β-unsaturated/α-hetero) is 1. The number of aromatic nitrogens is 2. The fourth-order valence-corrected chi connectivity index (χ4v) is 4.97. The Bertz CT molecular complexity index is 1600. The molecule has 0 spiro atoms. The number of benzene rings is 2. The number of halogens is 2. The third-order valence-electron chi connectivity index (χ3n) is 7.52. The van der Waals surface area contributed by atoms with Crippen LogP contribution in [0.3, 0.4) is 0 Å². The van der Waals surface area contributed by atoms with Crippen LogP contribution < -0.4 is 10.1 Å². The average molecular weight is 588 g/mol. The van der Waals surface area contributed by atoms with E-state index in [0.29, 0.717) is 29.2 Å². The van der Waals surface area contributed by atoms with E-state index in [1.54, 1.807) is 36.5 Å². The highest BCUT2D eigenvalue weighted by Crippen LogP contribution is 2.29. The topological polar surface area (TPSA) is 90.6 Å². The minimum absolute atomic E-state index is 0.143. The SMILES string of the molecule is Cc1ccc(F)c(CC(=O)c2ccc(F)c(Oc3ccnc(-c4cc(C(=O)NCCCN5CCN(C)CC5)c[nH]4)c3)c2)c1. The number of carbonyl (C=O) groups is 2. The molecule has 0 saturated carbocycles. The summed E-state index contributed by atoms with van der Waals surface area (Å²) in [7, 11) is 2.13. The number of aryl methyl sites for hydroxylation is 1. The molecule has 3 heterocycles. The number of ether oxygens (including phenoxy) is 1. The number of likely N-dealkylation sites (N-methyl/N-ethyl adjacent to an activating group) is 1. The van der Waals surface area contributed by atoms with Gasteiger partial charge in [-0.2, -0.15) is 0 Å². The molecule has 0 radical (unpaired) electrons. The molecule has 0 bridgehead atoms. The molecule has 10 heteroatoms. The monoisotopic (exact) mass is 587 g/mol. The van der Waals surface area contributed by atoms with Gasteiger partial charge in [-0.05, 0) is 68.9 Å². The van der Waals surface area contributed by atoms with E-state index in [1.165, 1.54) is 24.4 Å². The van der Waals surface area contributed by atoms with Gasteiger partial charge in [0, 0.05) is 63.2 Å². The molecule has 224 valence electrons. The van der Waals surface area contributed by atoms with Gasteiger partial charge in [0.05, 0.1) is 17.0 Å². The molecule has 1 amide bonds. The summed E-state index contributed by atoms with van der Waals surface area (Å²) in [4.78, 5) is 37.7. The van der Waals surface area contributed by atoms with Crippen molar-refractivity contribution < 1.29 is 23.1 Å². The third-order valence-corrected chi connectivity index (χ3v) is 7.52. The standard InChI is InChI=1S/C33H35F2N5O3/c1-22-4-6-27(34)24(16-22)18-31(41)23-5-7-28(35)32(19-23)43-26-8-10-36-30(20-26)29-17-25(21-38-29)33(42)37-9-3-11-40-14-12-39(2)13-15-40/h4-8,10,16-17,19-21,38H,3,9,11-15,18H2,1-2H3,(H,37,42). The van der Waals surface area contributed by atoms with Crippen LogP contribution >= 0.6 is 0 Å². The Morgan fingerprint density at radius 1 is 0.977 bits per heavy atom. The van der Waals surface area contributed by atoms with Crippen LogP contribution in [0.5, 0.6) is 11.5 Å². The van der Waals surface area contributed by atoms with Crippen LogP contribution in [0.4, 0.5) is 8.78 Å². The number of hydrogen-bond donors (Lipinski definition) is 2. The second-order valence-electron chi connectivity index (χ2n) is 10.9. The summed E-state index contributed by atoms with van der Waals surface area (Å²) < 4.78 is 34.6. The lowest BCUT2D eigenvalue weighted by molar-refractivity contribution is 0.0948. The van der Waals surface area contributed by atoms with Crippen molar-refractivity contribution in [3.8, 4) is 22.9 Å². The molecule has 2 aromatic heterocycles. The number of pyridine rings is 1. The highest BCUT2D eigenvalue weighted by atomic mass is 19.1. The van der Waals surface area contributed by atoms with Gasteiger partial charge in [0.15, 0.2) is 17.3 Å². The maximum atomic E-state index is 14.7. The van der Waals surface area contributed by atoms with Gasteiger partial charge in [0.1, 0.15) is 11.6 Å². The number of piperazine rings is 1. The Morgan fingerprint density at radius 2 is 1.77 bits per heavy atom. The highest BCUT2D eigenvalue weighted by molar-refractivity contribution is 5.98. The van der Waals surface area contributed by atoms with Crippen molar-refractivity contribution in [1.29, 1.82) is 0 Å². The van der Waals surface area contributed by atoms with E-state index in [0.717, 1.165) is 50.8 Å². The number of ketones is 1. The normalized spacial score (nSPS) is 14.0. The summed E-state index contributed by atoms with van der Waals surface area (Å²) in [5.74, 6) is -1.50. The van der Waals surface area contributed by atoms with Crippen LogP contribution in [0.25, 0.3) is 11.4 Å². The summed E-state index contributed by atoms with van der Waals surface area (Å²) in [6, 6.07) is 13.3. The van der Waals surface area contributed by atoms with Crippen LogP contribution in [0.1, 0.15) is 38.3 Å². The first kappa shape index (κ1) is 30.1. The van der Waals surface area contributed by atoms with E-state index >= 15 is 0 Å². The largest absolute Gasteiger partial charge is 0.454 e. The Hall–Kier alpha value is -4.41. The first-order chi connectivity index (χ1) is 20.7. The summed E-state index contributed by atoms with van der Waals surface area (Å²) >= 11 is 0. The van der Waals surface area contributed by atoms with Gasteiger partial charge in [0.25, 0.3) is 5.91 Å². The quantitative estimate of drug-likeness (QED) is 0.184. The zero-order chi connectivity index (χ0) is 30.3. The number of aromatic amines is 1. The van der Waals surface area contributed by atoms with E-state index in [-0.39, 0.29) is 35.0 Å². The molecule has 1 saturated heterocycles. The fourth-order valence-electron chi connectivity index (χ4n) is 4.97. The minimum Gasteiger partial charge on any atom is -0.454 e. The smallest absolute Gasteiger partial charge is 0.252 e. The molecule has 5 rings (SSSR count). The molecule has 1 aliphatic heterocycles. The molecule has 1 aliphatic rings. The van der Waals surface area contributed by atoms with Crippen molar-refractivity contribution in [3.63, 3.8) is 0 Å². The molecule has 4 aromatic rings. The lowest BCUT2D eigenvalue weighted by Gasteiger charge is -2.32. The number of nitrogens with one attached hydrogen (secondary N) is 2. The van der Waals surface area contributed by atoms with Crippen molar-refractivity contribution in [2.45, 2.75) is 19.8 Å². The van der Waals surface area contributed by atoms with E-state index in [9.17, 15) is 18.4 Å². The Balaban J connectivity index is 1.19. The van der Waals surface area contributed by atoms with Crippen LogP contribution in [-0.2, 0) is 6.42 Å².